The molecule has 8 heteroatoms. The molecule has 0 bridgehead atoms. The third-order valence-electron chi connectivity index (χ3n) is 5.32. The Labute approximate surface area is 196 Å². The molecule has 2 N–H and O–H groups in total. The Balaban J connectivity index is 1.63. The Morgan fingerprint density at radius 3 is 2.48 bits per heavy atom. The molecule has 0 saturated carbocycles. The first-order valence-corrected chi connectivity index (χ1v) is 11.7. The molecule has 4 rings (SSSR count). The van der Waals surface area contributed by atoms with Crippen LogP contribution in [-0.4, -0.2) is 27.1 Å². The molecule has 2 unspecified atom stereocenters. The Morgan fingerprint density at radius 1 is 1.12 bits per heavy atom. The lowest BCUT2D eigenvalue weighted by atomic mass is 9.96. The second-order valence-electron chi connectivity index (χ2n) is 9.16. The molecule has 172 valence electrons. The van der Waals surface area contributed by atoms with Crippen LogP contribution in [0.5, 0.6) is 0 Å². The monoisotopic (exact) mass is 464 g/mol. The average molecular weight is 465 g/mol. The third-order valence-corrected chi connectivity index (χ3v) is 6.43. The fourth-order valence-corrected chi connectivity index (χ4v) is 4.75. The number of hydrogen-bond acceptors (Lipinski definition) is 5. The predicted molar refractivity (Wildman–Crippen MR) is 130 cm³/mol. The van der Waals surface area contributed by atoms with Crippen molar-refractivity contribution in [2.45, 2.75) is 46.2 Å². The van der Waals surface area contributed by atoms with Crippen molar-refractivity contribution < 1.29 is 14.0 Å². The van der Waals surface area contributed by atoms with Crippen molar-refractivity contribution in [1.82, 2.24) is 20.4 Å². The molecule has 0 aliphatic rings. The molecular weight excluding hydrogens is 436 g/mol. The van der Waals surface area contributed by atoms with Gasteiger partial charge in [0.1, 0.15) is 10.6 Å². The van der Waals surface area contributed by atoms with E-state index in [2.05, 4.69) is 15.7 Å². The van der Waals surface area contributed by atoms with Gasteiger partial charge in [0.2, 0.25) is 5.91 Å². The number of amides is 2. The van der Waals surface area contributed by atoms with Crippen LogP contribution in [0.2, 0.25) is 0 Å². The quantitative estimate of drug-likeness (QED) is 0.420. The summed E-state index contributed by atoms with van der Waals surface area (Å²) in [6.07, 6.45) is 1.54. The number of furan rings is 1. The van der Waals surface area contributed by atoms with Gasteiger partial charge in [-0.15, -0.1) is 11.3 Å². The molecule has 33 heavy (non-hydrogen) atoms. The second kappa shape index (κ2) is 8.86. The highest BCUT2D eigenvalue weighted by molar-refractivity contribution is 7.20. The first-order valence-electron chi connectivity index (χ1n) is 10.8. The van der Waals surface area contributed by atoms with Crippen molar-refractivity contribution in [3.63, 3.8) is 0 Å². The van der Waals surface area contributed by atoms with Crippen LogP contribution in [-0.2, 0) is 4.79 Å². The number of hydrogen-bond donors (Lipinski definition) is 2. The maximum absolute atomic E-state index is 13.3. The molecule has 0 spiro atoms. The van der Waals surface area contributed by atoms with Gasteiger partial charge in [-0.05, 0) is 58.0 Å². The summed E-state index contributed by atoms with van der Waals surface area (Å²) in [5, 5.41) is 11.6. The first kappa shape index (κ1) is 22.8. The summed E-state index contributed by atoms with van der Waals surface area (Å²) >= 11 is 1.37. The molecular formula is C25H28N4O3S. The van der Waals surface area contributed by atoms with E-state index in [9.17, 15) is 9.59 Å². The number of nitrogens with zero attached hydrogens (tertiary/aromatic N) is 2. The number of thiophene rings is 1. The van der Waals surface area contributed by atoms with Crippen molar-refractivity contribution in [2.24, 2.45) is 5.92 Å². The predicted octanol–water partition coefficient (Wildman–Crippen LogP) is 5.01. The van der Waals surface area contributed by atoms with Crippen LogP contribution >= 0.6 is 11.3 Å². The fourth-order valence-electron chi connectivity index (χ4n) is 3.66. The molecule has 0 radical (unpaired) electrons. The second-order valence-corrected chi connectivity index (χ2v) is 10.2. The zero-order chi connectivity index (χ0) is 23.8. The molecule has 0 fully saturated rings. The summed E-state index contributed by atoms with van der Waals surface area (Å²) in [5.74, 6) is -0.411. The van der Waals surface area contributed by atoms with Crippen LogP contribution in [0.3, 0.4) is 0 Å². The molecule has 2 amide bonds. The van der Waals surface area contributed by atoms with E-state index in [1.807, 2.05) is 68.8 Å². The van der Waals surface area contributed by atoms with E-state index >= 15 is 0 Å². The number of carbonyl (C=O) groups excluding carboxylic acids is 2. The highest BCUT2D eigenvalue weighted by Crippen LogP contribution is 2.31. The highest BCUT2D eigenvalue weighted by Gasteiger charge is 2.32. The molecule has 3 heterocycles. The van der Waals surface area contributed by atoms with Crippen molar-refractivity contribution in [3.8, 4) is 5.69 Å². The van der Waals surface area contributed by atoms with Crippen LogP contribution in [0.1, 0.15) is 54.9 Å². The molecule has 1 aromatic carbocycles. The Hall–Kier alpha value is -3.39. The molecule has 2 atom stereocenters. The van der Waals surface area contributed by atoms with Gasteiger partial charge in [-0.1, -0.05) is 25.1 Å². The molecule has 3 aromatic heterocycles. The molecule has 0 aliphatic carbocycles. The van der Waals surface area contributed by atoms with E-state index in [1.165, 1.54) is 11.3 Å². The number of aryl methyl sites for hydroxylation is 1. The maximum Gasteiger partial charge on any atom is 0.262 e. The summed E-state index contributed by atoms with van der Waals surface area (Å²) in [4.78, 5) is 27.6. The van der Waals surface area contributed by atoms with Crippen molar-refractivity contribution in [2.75, 3.05) is 0 Å². The number of para-hydroxylation sites is 1. The van der Waals surface area contributed by atoms with Gasteiger partial charge in [0, 0.05) is 10.9 Å². The Bertz CT molecular complexity index is 1270. The van der Waals surface area contributed by atoms with Crippen LogP contribution in [0.4, 0.5) is 0 Å². The standard InChI is InChI=1S/C25H28N4O3S/c1-15(22(30)27-25(3,4)5)21(19-12-9-13-32-19)26-23(31)20-14-18-16(2)28-29(24(18)33-20)17-10-7-6-8-11-17/h6-15,21H,1-5H3,(H,26,31)(H,27,30). The molecule has 4 aromatic rings. The van der Waals surface area contributed by atoms with Gasteiger partial charge in [0.05, 0.1) is 34.5 Å². The van der Waals surface area contributed by atoms with Crippen LogP contribution in [0.15, 0.2) is 59.2 Å². The lowest BCUT2D eigenvalue weighted by Gasteiger charge is -2.27. The Kier molecular flexibility index (Phi) is 6.12. The van der Waals surface area contributed by atoms with E-state index in [1.54, 1.807) is 25.3 Å². The minimum absolute atomic E-state index is 0.156. The number of rotatable bonds is 6. The SMILES string of the molecule is Cc1nn(-c2ccccc2)c2sc(C(=O)NC(c3ccco3)C(C)C(=O)NC(C)(C)C)cc12. The van der Waals surface area contributed by atoms with Crippen molar-refractivity contribution in [3.05, 3.63) is 71.1 Å². The average Bonchev–Trinajstić information content (AvgIpc) is 3.49. The minimum Gasteiger partial charge on any atom is -0.467 e. The van der Waals surface area contributed by atoms with Crippen molar-refractivity contribution >= 4 is 33.4 Å². The van der Waals surface area contributed by atoms with Gasteiger partial charge in [-0.25, -0.2) is 4.68 Å². The van der Waals surface area contributed by atoms with Crippen LogP contribution in [0.25, 0.3) is 15.9 Å². The number of aromatic nitrogens is 2. The van der Waals surface area contributed by atoms with Gasteiger partial charge in [-0.2, -0.15) is 5.10 Å². The summed E-state index contributed by atoms with van der Waals surface area (Å²) in [6, 6.07) is 14.6. The fraction of sp³-hybridized carbons (Fsp3) is 0.320. The lowest BCUT2D eigenvalue weighted by molar-refractivity contribution is -0.126. The summed E-state index contributed by atoms with van der Waals surface area (Å²) in [6.45, 7) is 9.49. The number of fused-ring (bicyclic) bond motifs is 1. The zero-order valence-corrected chi connectivity index (χ0v) is 20.2. The zero-order valence-electron chi connectivity index (χ0n) is 19.4. The van der Waals surface area contributed by atoms with Gasteiger partial charge in [0.25, 0.3) is 5.91 Å². The van der Waals surface area contributed by atoms with Crippen molar-refractivity contribution in [1.29, 1.82) is 0 Å². The number of benzene rings is 1. The van der Waals surface area contributed by atoms with Gasteiger partial charge >= 0.3 is 0 Å². The van der Waals surface area contributed by atoms with Gasteiger partial charge in [0.15, 0.2) is 0 Å². The maximum atomic E-state index is 13.3. The summed E-state index contributed by atoms with van der Waals surface area (Å²) < 4.78 is 7.43. The number of nitrogens with one attached hydrogen (secondary N) is 2. The van der Waals surface area contributed by atoms with E-state index in [4.69, 9.17) is 4.42 Å². The van der Waals surface area contributed by atoms with E-state index in [0.717, 1.165) is 21.6 Å². The topological polar surface area (TPSA) is 89.2 Å². The summed E-state index contributed by atoms with van der Waals surface area (Å²) in [7, 11) is 0. The molecule has 0 aliphatic heterocycles. The third kappa shape index (κ3) is 4.85. The van der Waals surface area contributed by atoms with E-state index < -0.39 is 12.0 Å². The smallest absolute Gasteiger partial charge is 0.262 e. The normalized spacial score (nSPS) is 13.6. The van der Waals surface area contributed by atoms with Gasteiger partial charge in [-0.3, -0.25) is 9.59 Å². The van der Waals surface area contributed by atoms with E-state index in [-0.39, 0.29) is 17.4 Å². The van der Waals surface area contributed by atoms with E-state index in [0.29, 0.717) is 10.6 Å². The summed E-state index contributed by atoms with van der Waals surface area (Å²) in [5.41, 5.74) is 1.41. The molecule has 7 nitrogen and oxygen atoms in total. The number of carbonyl (C=O) groups is 2. The van der Waals surface area contributed by atoms with Crippen LogP contribution in [0, 0.1) is 12.8 Å². The largest absolute Gasteiger partial charge is 0.467 e. The van der Waals surface area contributed by atoms with Crippen LogP contribution < -0.4 is 10.6 Å². The Morgan fingerprint density at radius 2 is 1.85 bits per heavy atom. The molecule has 0 saturated heterocycles. The minimum atomic E-state index is -0.605. The van der Waals surface area contributed by atoms with Gasteiger partial charge < -0.3 is 15.1 Å². The first-order chi connectivity index (χ1) is 15.6. The lowest BCUT2D eigenvalue weighted by Crippen LogP contribution is -2.46. The highest BCUT2D eigenvalue weighted by atomic mass is 32.1.